The number of hydrogen-bond acceptors (Lipinski definition) is 4. The highest BCUT2D eigenvalue weighted by Crippen LogP contribution is 2.36. The van der Waals surface area contributed by atoms with Gasteiger partial charge in [-0.05, 0) is 37.5 Å². The van der Waals surface area contributed by atoms with E-state index >= 15 is 0 Å². The van der Waals surface area contributed by atoms with Gasteiger partial charge in [0.25, 0.3) is 0 Å². The molecule has 1 aliphatic rings. The maximum Gasteiger partial charge on any atom is 0.327 e. The highest BCUT2D eigenvalue weighted by molar-refractivity contribution is 7.89. The third-order valence-corrected chi connectivity index (χ3v) is 5.97. The van der Waals surface area contributed by atoms with Crippen LogP contribution >= 0.6 is 0 Å². The van der Waals surface area contributed by atoms with Crippen molar-refractivity contribution in [2.45, 2.75) is 30.2 Å². The van der Waals surface area contributed by atoms with E-state index in [0.29, 0.717) is 10.4 Å². The lowest BCUT2D eigenvalue weighted by molar-refractivity contribution is -0.150. The van der Waals surface area contributed by atoms with E-state index in [9.17, 15) is 27.1 Å². The molecule has 0 bridgehead atoms. The van der Waals surface area contributed by atoms with Crippen LogP contribution in [-0.4, -0.2) is 49.6 Å². The molecule has 1 heterocycles. The van der Waals surface area contributed by atoms with E-state index in [-0.39, 0.29) is 31.6 Å². The number of nitrogens with zero attached hydrogens (tertiary/aromatic N) is 1. The molecule has 23 heavy (non-hydrogen) atoms. The third-order valence-electron chi connectivity index (χ3n) is 3.99. The number of hydrogen-bond donors (Lipinski definition) is 1. The number of halogens is 2. The minimum absolute atomic E-state index is 0.0331. The van der Waals surface area contributed by atoms with Gasteiger partial charge >= 0.3 is 5.97 Å². The van der Waals surface area contributed by atoms with Gasteiger partial charge in [0, 0.05) is 13.7 Å². The molecule has 0 aromatic heterocycles. The first-order valence-corrected chi connectivity index (χ1v) is 8.31. The first-order valence-electron chi connectivity index (χ1n) is 6.87. The number of aliphatic carboxylic acids is 1. The summed E-state index contributed by atoms with van der Waals surface area (Å²) in [6, 6.07) is 1.36. The van der Waals surface area contributed by atoms with Crippen molar-refractivity contribution in [2.75, 3.05) is 20.3 Å². The van der Waals surface area contributed by atoms with Crippen LogP contribution in [0.15, 0.2) is 17.0 Å². The van der Waals surface area contributed by atoms with Crippen molar-refractivity contribution in [3.05, 3.63) is 29.3 Å². The quantitative estimate of drug-likeness (QED) is 0.871. The monoisotopic (exact) mass is 349 g/mol. The van der Waals surface area contributed by atoms with Crippen LogP contribution in [0.5, 0.6) is 0 Å². The largest absolute Gasteiger partial charge is 0.480 e. The number of carboxylic acid groups (broad SMARTS) is 1. The Hall–Kier alpha value is -1.58. The fourth-order valence-electron chi connectivity index (χ4n) is 2.81. The van der Waals surface area contributed by atoms with E-state index in [4.69, 9.17) is 4.74 Å². The Morgan fingerprint density at radius 2 is 2.04 bits per heavy atom. The highest BCUT2D eigenvalue weighted by atomic mass is 32.2. The minimum Gasteiger partial charge on any atom is -0.480 e. The molecule has 1 N–H and O–H groups in total. The van der Waals surface area contributed by atoms with Gasteiger partial charge in [-0.3, -0.25) is 4.79 Å². The van der Waals surface area contributed by atoms with Crippen molar-refractivity contribution in [3.8, 4) is 0 Å². The Kier molecular flexibility index (Phi) is 4.74. The Morgan fingerprint density at radius 1 is 1.39 bits per heavy atom. The van der Waals surface area contributed by atoms with Crippen LogP contribution in [0.25, 0.3) is 0 Å². The van der Waals surface area contributed by atoms with Crippen molar-refractivity contribution < 1.29 is 31.8 Å². The maximum absolute atomic E-state index is 14.1. The SMILES string of the molecule is COCC1(C(=O)O)CCCN1S(=O)(=O)c1cc(F)c(C)cc1F. The summed E-state index contributed by atoms with van der Waals surface area (Å²) in [6.45, 7) is 0.821. The molecule has 1 aromatic carbocycles. The van der Waals surface area contributed by atoms with Crippen molar-refractivity contribution in [1.82, 2.24) is 4.31 Å². The van der Waals surface area contributed by atoms with Gasteiger partial charge < -0.3 is 9.84 Å². The molecule has 0 radical (unpaired) electrons. The topological polar surface area (TPSA) is 83.9 Å². The Bertz CT molecular complexity index is 737. The van der Waals surface area contributed by atoms with Crippen molar-refractivity contribution >= 4 is 16.0 Å². The molecular weight excluding hydrogens is 332 g/mol. The number of aryl methyl sites for hydroxylation is 1. The maximum atomic E-state index is 14.1. The van der Waals surface area contributed by atoms with Crippen molar-refractivity contribution in [3.63, 3.8) is 0 Å². The van der Waals surface area contributed by atoms with E-state index in [1.807, 2.05) is 0 Å². The average Bonchev–Trinajstić information content (AvgIpc) is 2.89. The first-order chi connectivity index (χ1) is 10.7. The lowest BCUT2D eigenvalue weighted by atomic mass is 9.99. The van der Waals surface area contributed by atoms with Gasteiger partial charge in [0.1, 0.15) is 16.5 Å². The molecule has 1 atom stereocenters. The lowest BCUT2D eigenvalue weighted by Crippen LogP contribution is -2.56. The summed E-state index contributed by atoms with van der Waals surface area (Å²) in [6.07, 6.45) is 0.316. The predicted octanol–water partition coefficient (Wildman–Crippen LogP) is 1.53. The zero-order chi connectivity index (χ0) is 17.4. The van der Waals surface area contributed by atoms with Crippen molar-refractivity contribution in [1.29, 1.82) is 0 Å². The predicted molar refractivity (Wildman–Crippen MR) is 76.5 cm³/mol. The number of sulfonamides is 1. The summed E-state index contributed by atoms with van der Waals surface area (Å²) in [5.41, 5.74) is -1.86. The molecule has 1 aromatic rings. The fraction of sp³-hybridized carbons (Fsp3) is 0.500. The first kappa shape index (κ1) is 17.8. The molecule has 0 saturated carbocycles. The molecule has 1 saturated heterocycles. The average molecular weight is 349 g/mol. The molecule has 6 nitrogen and oxygen atoms in total. The normalized spacial score (nSPS) is 22.4. The van der Waals surface area contributed by atoms with Crippen LogP contribution < -0.4 is 0 Å². The molecule has 128 valence electrons. The Labute approximate surface area is 132 Å². The zero-order valence-electron chi connectivity index (χ0n) is 12.7. The van der Waals surface area contributed by atoms with E-state index in [2.05, 4.69) is 0 Å². The molecule has 1 fully saturated rings. The van der Waals surface area contributed by atoms with Crippen LogP contribution in [0.1, 0.15) is 18.4 Å². The van der Waals surface area contributed by atoms with E-state index in [1.54, 1.807) is 0 Å². The van der Waals surface area contributed by atoms with Crippen LogP contribution in [0.2, 0.25) is 0 Å². The number of benzene rings is 1. The lowest BCUT2D eigenvalue weighted by Gasteiger charge is -2.33. The summed E-state index contributed by atoms with van der Waals surface area (Å²) in [7, 11) is -3.28. The number of methoxy groups -OCH3 is 1. The van der Waals surface area contributed by atoms with Gasteiger partial charge in [-0.25, -0.2) is 17.2 Å². The molecule has 1 aliphatic heterocycles. The minimum atomic E-state index is -4.53. The smallest absolute Gasteiger partial charge is 0.327 e. The Balaban J connectivity index is 2.59. The number of carboxylic acids is 1. The molecule has 2 rings (SSSR count). The van der Waals surface area contributed by atoms with Crippen LogP contribution in [-0.2, 0) is 19.6 Å². The second-order valence-corrected chi connectivity index (χ2v) is 7.31. The van der Waals surface area contributed by atoms with Gasteiger partial charge in [0.2, 0.25) is 10.0 Å². The standard InChI is InChI=1S/C14H17F2NO5S/c1-9-6-11(16)12(7-10(9)15)23(20,21)17-5-3-4-14(17,8-22-2)13(18)19/h6-7H,3-5,8H2,1-2H3,(H,18,19). The summed E-state index contributed by atoms with van der Waals surface area (Å²) >= 11 is 0. The summed E-state index contributed by atoms with van der Waals surface area (Å²) < 4.78 is 58.7. The van der Waals surface area contributed by atoms with E-state index in [1.165, 1.54) is 14.0 Å². The second kappa shape index (κ2) is 6.14. The summed E-state index contributed by atoms with van der Waals surface area (Å²) in [5.74, 6) is -3.38. The third kappa shape index (κ3) is 2.84. The fourth-order valence-corrected chi connectivity index (χ4v) is 4.65. The highest BCUT2D eigenvalue weighted by Gasteiger charge is 2.54. The molecular formula is C14H17F2NO5S. The number of ether oxygens (including phenoxy) is 1. The summed E-state index contributed by atoms with van der Waals surface area (Å²) in [5, 5.41) is 9.49. The molecule has 0 aliphatic carbocycles. The molecule has 9 heteroatoms. The zero-order valence-corrected chi connectivity index (χ0v) is 13.5. The van der Waals surface area contributed by atoms with Crippen LogP contribution in [0.3, 0.4) is 0 Å². The second-order valence-electron chi connectivity index (χ2n) is 5.48. The van der Waals surface area contributed by atoms with Gasteiger partial charge in [0.05, 0.1) is 6.61 Å². The molecule has 1 unspecified atom stereocenters. The van der Waals surface area contributed by atoms with Crippen molar-refractivity contribution in [2.24, 2.45) is 0 Å². The Morgan fingerprint density at radius 3 is 2.61 bits per heavy atom. The summed E-state index contributed by atoms with van der Waals surface area (Å²) in [4.78, 5) is 10.8. The molecule has 0 amide bonds. The van der Waals surface area contributed by atoms with Crippen LogP contribution in [0.4, 0.5) is 8.78 Å². The van der Waals surface area contributed by atoms with Gasteiger partial charge in [0.15, 0.2) is 5.54 Å². The number of rotatable bonds is 5. The van der Waals surface area contributed by atoms with Gasteiger partial charge in [-0.15, -0.1) is 0 Å². The van der Waals surface area contributed by atoms with Gasteiger partial charge in [-0.2, -0.15) is 4.31 Å². The van der Waals surface area contributed by atoms with Gasteiger partial charge in [-0.1, -0.05) is 0 Å². The van der Waals surface area contributed by atoms with Crippen LogP contribution in [0, 0.1) is 18.6 Å². The molecule has 0 spiro atoms. The number of carbonyl (C=O) groups is 1. The van der Waals surface area contributed by atoms with E-state index in [0.717, 1.165) is 6.07 Å². The van der Waals surface area contributed by atoms with E-state index < -0.39 is 38.1 Å².